The Morgan fingerprint density at radius 3 is 2.58 bits per heavy atom. The molecule has 102 valence electrons. The van der Waals surface area contributed by atoms with Crippen LogP contribution in [0.25, 0.3) is 5.57 Å². The Morgan fingerprint density at radius 1 is 1.00 bits per heavy atom. The fourth-order valence-corrected chi connectivity index (χ4v) is 3.07. The first kappa shape index (κ1) is 12.7. The maximum Gasteiger partial charge on any atom is 0.0373 e. The van der Waals surface area contributed by atoms with Crippen LogP contribution in [0, 0.1) is 0 Å². The number of hydrogen-bond donors (Lipinski definition) is 0. The predicted molar refractivity (Wildman–Crippen MR) is 82.6 cm³/mol. The van der Waals surface area contributed by atoms with Crippen LogP contribution in [-0.4, -0.2) is 38.1 Å². The molecule has 2 nitrogen and oxygen atoms in total. The van der Waals surface area contributed by atoms with E-state index >= 15 is 0 Å². The summed E-state index contributed by atoms with van der Waals surface area (Å²) >= 11 is 0. The van der Waals surface area contributed by atoms with E-state index in [4.69, 9.17) is 0 Å². The van der Waals surface area contributed by atoms with Gasteiger partial charge in [0.1, 0.15) is 0 Å². The lowest BCUT2D eigenvalue weighted by Gasteiger charge is -2.34. The highest BCUT2D eigenvalue weighted by molar-refractivity contribution is 5.69. The molecule has 1 saturated heterocycles. The van der Waals surface area contributed by atoms with Gasteiger partial charge >= 0.3 is 0 Å². The largest absolute Gasteiger partial charge is 0.369 e. The van der Waals surface area contributed by atoms with Gasteiger partial charge in [0.05, 0.1) is 0 Å². The van der Waals surface area contributed by atoms with E-state index in [0.29, 0.717) is 0 Å². The van der Waals surface area contributed by atoms with Crippen molar-refractivity contribution in [1.82, 2.24) is 4.90 Å². The smallest absolute Gasteiger partial charge is 0.0373 e. The highest BCUT2D eigenvalue weighted by Gasteiger charge is 2.15. The Hall–Kier alpha value is -1.28. The lowest BCUT2D eigenvalue weighted by Crippen LogP contribution is -2.44. The zero-order chi connectivity index (χ0) is 13.1. The molecule has 1 aliphatic carbocycles. The Labute approximate surface area is 116 Å². The average molecular weight is 256 g/mol. The van der Waals surface area contributed by atoms with Crippen molar-refractivity contribution in [3.63, 3.8) is 0 Å². The fourth-order valence-electron chi connectivity index (χ4n) is 3.07. The first-order valence-electron chi connectivity index (χ1n) is 7.56. The van der Waals surface area contributed by atoms with E-state index in [9.17, 15) is 0 Å². The molecule has 0 N–H and O–H groups in total. The van der Waals surface area contributed by atoms with E-state index in [1.54, 1.807) is 5.57 Å². The summed E-state index contributed by atoms with van der Waals surface area (Å²) in [5.41, 5.74) is 4.40. The van der Waals surface area contributed by atoms with E-state index in [2.05, 4.69) is 47.2 Å². The standard InChI is InChI=1S/C17H24N2/c1-18-10-12-19(13-11-18)17-9-5-8-16(14-17)15-6-3-2-4-7-15/h5-6,8-9,14H,2-4,7,10-13H2,1H3. The Bertz CT molecular complexity index is 456. The lowest BCUT2D eigenvalue weighted by atomic mass is 9.93. The summed E-state index contributed by atoms with van der Waals surface area (Å²) < 4.78 is 0. The molecule has 1 heterocycles. The first-order chi connectivity index (χ1) is 9.33. The van der Waals surface area contributed by atoms with Crippen LogP contribution in [0.5, 0.6) is 0 Å². The van der Waals surface area contributed by atoms with Gasteiger partial charge in [-0.3, -0.25) is 0 Å². The number of benzene rings is 1. The normalized spacial score (nSPS) is 21.3. The van der Waals surface area contributed by atoms with Gasteiger partial charge in [0.15, 0.2) is 0 Å². The van der Waals surface area contributed by atoms with Gasteiger partial charge in [-0.1, -0.05) is 18.2 Å². The van der Waals surface area contributed by atoms with Crippen molar-refractivity contribution >= 4 is 11.3 Å². The number of allylic oxidation sites excluding steroid dienone is 2. The second-order valence-corrected chi connectivity index (χ2v) is 5.82. The molecule has 0 radical (unpaired) electrons. The van der Waals surface area contributed by atoms with Crippen molar-refractivity contribution in [2.75, 3.05) is 38.1 Å². The average Bonchev–Trinajstić information content (AvgIpc) is 2.49. The first-order valence-corrected chi connectivity index (χ1v) is 7.56. The van der Waals surface area contributed by atoms with Crippen molar-refractivity contribution in [3.05, 3.63) is 35.9 Å². The topological polar surface area (TPSA) is 6.48 Å². The number of nitrogens with zero attached hydrogens (tertiary/aromatic N) is 2. The van der Waals surface area contributed by atoms with Crippen LogP contribution >= 0.6 is 0 Å². The molecule has 0 bridgehead atoms. The van der Waals surface area contributed by atoms with Gasteiger partial charge in [-0.2, -0.15) is 0 Å². The molecule has 19 heavy (non-hydrogen) atoms. The van der Waals surface area contributed by atoms with Gasteiger partial charge in [-0.05, 0) is 56.0 Å². The minimum atomic E-state index is 1.15. The lowest BCUT2D eigenvalue weighted by molar-refractivity contribution is 0.313. The highest BCUT2D eigenvalue weighted by Crippen LogP contribution is 2.29. The van der Waals surface area contributed by atoms with Gasteiger partial charge in [-0.15, -0.1) is 0 Å². The van der Waals surface area contributed by atoms with Crippen molar-refractivity contribution in [3.8, 4) is 0 Å². The molecule has 0 aromatic heterocycles. The predicted octanol–water partition coefficient (Wildman–Crippen LogP) is 3.40. The molecule has 1 fully saturated rings. The van der Waals surface area contributed by atoms with Crippen LogP contribution in [0.1, 0.15) is 31.2 Å². The third-order valence-electron chi connectivity index (χ3n) is 4.38. The molecule has 0 atom stereocenters. The third kappa shape index (κ3) is 3.01. The second-order valence-electron chi connectivity index (χ2n) is 5.82. The summed E-state index contributed by atoms with van der Waals surface area (Å²) in [5, 5.41) is 0. The summed E-state index contributed by atoms with van der Waals surface area (Å²) in [6.45, 7) is 4.65. The van der Waals surface area contributed by atoms with Crippen molar-refractivity contribution < 1.29 is 0 Å². The maximum absolute atomic E-state index is 2.52. The van der Waals surface area contributed by atoms with Crippen molar-refractivity contribution in [2.45, 2.75) is 25.7 Å². The summed E-state index contributed by atoms with van der Waals surface area (Å²) in [5.74, 6) is 0. The molecule has 2 heteroatoms. The van der Waals surface area contributed by atoms with Gasteiger partial charge in [0.2, 0.25) is 0 Å². The Morgan fingerprint density at radius 2 is 1.84 bits per heavy atom. The minimum Gasteiger partial charge on any atom is -0.369 e. The minimum absolute atomic E-state index is 1.15. The van der Waals surface area contributed by atoms with Crippen LogP contribution < -0.4 is 4.90 Å². The molecule has 3 rings (SSSR count). The quantitative estimate of drug-likeness (QED) is 0.800. The molecule has 0 unspecified atom stereocenters. The van der Waals surface area contributed by atoms with Crippen LogP contribution in [0.2, 0.25) is 0 Å². The summed E-state index contributed by atoms with van der Waals surface area (Å²) in [6.07, 6.45) is 7.67. The molecule has 2 aliphatic rings. The maximum atomic E-state index is 2.52. The zero-order valence-corrected chi connectivity index (χ0v) is 11.9. The van der Waals surface area contributed by atoms with Crippen molar-refractivity contribution in [2.24, 2.45) is 0 Å². The number of piperazine rings is 1. The number of likely N-dealkylation sites (N-methyl/N-ethyl adjacent to an activating group) is 1. The summed E-state index contributed by atoms with van der Waals surface area (Å²) in [4.78, 5) is 4.93. The molecule has 0 spiro atoms. The highest BCUT2D eigenvalue weighted by atomic mass is 15.2. The van der Waals surface area contributed by atoms with Gasteiger partial charge in [-0.25, -0.2) is 0 Å². The summed E-state index contributed by atoms with van der Waals surface area (Å²) in [6, 6.07) is 9.15. The van der Waals surface area contributed by atoms with Crippen LogP contribution in [0.15, 0.2) is 30.3 Å². The summed E-state index contributed by atoms with van der Waals surface area (Å²) in [7, 11) is 2.21. The molecule has 1 aromatic rings. The molecule has 0 amide bonds. The van der Waals surface area contributed by atoms with Gasteiger partial charge in [0, 0.05) is 31.9 Å². The Balaban J connectivity index is 1.78. The molecule has 1 aromatic carbocycles. The molecular formula is C17H24N2. The van der Waals surface area contributed by atoms with E-state index in [1.165, 1.54) is 50.0 Å². The fraction of sp³-hybridized carbons (Fsp3) is 0.529. The number of rotatable bonds is 2. The Kier molecular flexibility index (Phi) is 3.88. The molecular weight excluding hydrogens is 232 g/mol. The zero-order valence-electron chi connectivity index (χ0n) is 11.9. The van der Waals surface area contributed by atoms with E-state index in [0.717, 1.165) is 13.1 Å². The van der Waals surface area contributed by atoms with E-state index in [1.807, 2.05) is 0 Å². The number of hydrogen-bond acceptors (Lipinski definition) is 2. The van der Waals surface area contributed by atoms with Crippen LogP contribution in [0.4, 0.5) is 5.69 Å². The van der Waals surface area contributed by atoms with E-state index in [-0.39, 0.29) is 0 Å². The van der Waals surface area contributed by atoms with Crippen LogP contribution in [0.3, 0.4) is 0 Å². The SMILES string of the molecule is CN1CCN(c2cccc(C3=CCCCC3)c2)CC1. The number of anilines is 1. The second kappa shape index (κ2) is 5.79. The van der Waals surface area contributed by atoms with Crippen LogP contribution in [-0.2, 0) is 0 Å². The molecule has 0 saturated carbocycles. The van der Waals surface area contributed by atoms with E-state index < -0.39 is 0 Å². The third-order valence-corrected chi connectivity index (χ3v) is 4.38. The monoisotopic (exact) mass is 256 g/mol. The van der Waals surface area contributed by atoms with Gasteiger partial charge in [0.25, 0.3) is 0 Å². The molecule has 1 aliphatic heterocycles. The van der Waals surface area contributed by atoms with Gasteiger partial charge < -0.3 is 9.80 Å². The van der Waals surface area contributed by atoms with Crippen molar-refractivity contribution in [1.29, 1.82) is 0 Å².